The van der Waals surface area contributed by atoms with Gasteiger partial charge in [0, 0.05) is 7.05 Å². The molecular weight excluding hydrogens is 326 g/mol. The van der Waals surface area contributed by atoms with E-state index in [1.165, 1.54) is 7.05 Å². The lowest BCUT2D eigenvalue weighted by atomic mass is 10.1. The van der Waals surface area contributed by atoms with Crippen molar-refractivity contribution in [1.82, 2.24) is 4.90 Å². The maximum absolute atomic E-state index is 11.9. The summed E-state index contributed by atoms with van der Waals surface area (Å²) < 4.78 is 11.0. The number of imide groups is 1. The van der Waals surface area contributed by atoms with Gasteiger partial charge in [0.15, 0.2) is 11.5 Å². The molecule has 0 saturated carbocycles. The molecule has 1 heterocycles. The van der Waals surface area contributed by atoms with Gasteiger partial charge in [-0.2, -0.15) is 0 Å². The highest BCUT2D eigenvalue weighted by molar-refractivity contribution is 8.18. The summed E-state index contributed by atoms with van der Waals surface area (Å²) in [7, 11) is 1.45. The summed E-state index contributed by atoms with van der Waals surface area (Å²) in [5.41, 5.74) is 0.677. The SMILES string of the molecule is CCOc1cc(/C=C2/SC(=O)N(C)C2=O)cc(Cl)c1OCC. The molecule has 0 aromatic heterocycles. The number of carbonyl (C=O) groups is 2. The summed E-state index contributed by atoms with van der Waals surface area (Å²) in [6.45, 7) is 4.65. The van der Waals surface area contributed by atoms with Crippen LogP contribution in [-0.4, -0.2) is 36.3 Å². The monoisotopic (exact) mass is 341 g/mol. The Morgan fingerprint density at radius 3 is 2.45 bits per heavy atom. The molecule has 0 N–H and O–H groups in total. The first-order chi connectivity index (χ1) is 10.5. The van der Waals surface area contributed by atoms with Crippen molar-refractivity contribution in [3.8, 4) is 11.5 Å². The van der Waals surface area contributed by atoms with Crippen molar-refractivity contribution in [2.24, 2.45) is 0 Å². The van der Waals surface area contributed by atoms with Gasteiger partial charge in [-0.3, -0.25) is 14.5 Å². The zero-order valence-corrected chi connectivity index (χ0v) is 14.1. The Morgan fingerprint density at radius 2 is 1.91 bits per heavy atom. The Hall–Kier alpha value is -1.66. The van der Waals surface area contributed by atoms with Gasteiger partial charge in [-0.05, 0) is 49.4 Å². The fraction of sp³-hybridized carbons (Fsp3) is 0.333. The van der Waals surface area contributed by atoms with Crippen molar-refractivity contribution in [2.45, 2.75) is 13.8 Å². The number of hydrogen-bond donors (Lipinski definition) is 0. The Morgan fingerprint density at radius 1 is 1.23 bits per heavy atom. The molecule has 1 aromatic carbocycles. The Labute approximate surface area is 138 Å². The van der Waals surface area contributed by atoms with Crippen LogP contribution < -0.4 is 9.47 Å². The largest absolute Gasteiger partial charge is 0.490 e. The van der Waals surface area contributed by atoms with Crippen molar-refractivity contribution in [1.29, 1.82) is 0 Å². The zero-order valence-electron chi connectivity index (χ0n) is 12.5. The molecule has 0 atom stereocenters. The highest BCUT2D eigenvalue weighted by Crippen LogP contribution is 2.38. The van der Waals surface area contributed by atoms with Crippen LogP contribution in [0.1, 0.15) is 19.4 Å². The van der Waals surface area contributed by atoms with Gasteiger partial charge in [-0.25, -0.2) is 0 Å². The highest BCUT2D eigenvalue weighted by Gasteiger charge is 2.31. The number of halogens is 1. The number of nitrogens with zero attached hydrogens (tertiary/aromatic N) is 1. The fourth-order valence-electron chi connectivity index (χ4n) is 1.92. The van der Waals surface area contributed by atoms with Crippen molar-refractivity contribution in [3.63, 3.8) is 0 Å². The van der Waals surface area contributed by atoms with E-state index in [0.717, 1.165) is 16.7 Å². The molecule has 0 unspecified atom stereocenters. The molecule has 2 rings (SSSR count). The molecule has 118 valence electrons. The van der Waals surface area contributed by atoms with E-state index in [9.17, 15) is 9.59 Å². The topological polar surface area (TPSA) is 55.8 Å². The van der Waals surface area contributed by atoms with Crippen molar-refractivity contribution in [3.05, 3.63) is 27.6 Å². The van der Waals surface area contributed by atoms with Crippen LogP contribution in [-0.2, 0) is 4.79 Å². The van der Waals surface area contributed by atoms with E-state index < -0.39 is 0 Å². The molecule has 22 heavy (non-hydrogen) atoms. The van der Waals surface area contributed by atoms with Crippen LogP contribution in [0.4, 0.5) is 4.79 Å². The molecule has 1 aliphatic heterocycles. The number of ether oxygens (including phenoxy) is 2. The molecule has 0 bridgehead atoms. The summed E-state index contributed by atoms with van der Waals surface area (Å²) in [6.07, 6.45) is 1.62. The first-order valence-electron chi connectivity index (χ1n) is 6.78. The zero-order chi connectivity index (χ0) is 16.3. The first kappa shape index (κ1) is 16.7. The molecule has 7 heteroatoms. The first-order valence-corrected chi connectivity index (χ1v) is 7.98. The number of rotatable bonds is 5. The van der Waals surface area contributed by atoms with Crippen LogP contribution in [0.15, 0.2) is 17.0 Å². The summed E-state index contributed by atoms with van der Waals surface area (Å²) in [6, 6.07) is 3.42. The minimum Gasteiger partial charge on any atom is -0.490 e. The third kappa shape index (κ3) is 3.39. The molecule has 5 nitrogen and oxygen atoms in total. The maximum Gasteiger partial charge on any atom is 0.293 e. The standard InChI is InChI=1S/C15H16ClNO4S/c1-4-20-11-7-9(6-10(16)13(11)21-5-2)8-12-14(18)17(3)15(19)22-12/h6-8H,4-5H2,1-3H3/b12-8+. The molecule has 0 aliphatic carbocycles. The van der Waals surface area contributed by atoms with Gasteiger partial charge in [0.2, 0.25) is 0 Å². The predicted octanol–water partition coefficient (Wildman–Crippen LogP) is 3.80. The number of thioether (sulfide) groups is 1. The van der Waals surface area contributed by atoms with E-state index in [4.69, 9.17) is 21.1 Å². The second kappa shape index (κ2) is 7.07. The van der Waals surface area contributed by atoms with Crippen LogP contribution in [0, 0.1) is 0 Å². The number of carbonyl (C=O) groups excluding carboxylic acids is 2. The van der Waals surface area contributed by atoms with E-state index in [0.29, 0.717) is 40.2 Å². The number of hydrogen-bond acceptors (Lipinski definition) is 5. The van der Waals surface area contributed by atoms with E-state index in [1.807, 2.05) is 13.8 Å². The molecule has 0 spiro atoms. The number of amides is 2. The molecular formula is C15H16ClNO4S. The minimum absolute atomic E-state index is 0.293. The number of likely N-dealkylation sites (N-methyl/N-ethyl adjacent to an activating group) is 1. The van der Waals surface area contributed by atoms with Gasteiger partial charge < -0.3 is 9.47 Å². The van der Waals surface area contributed by atoms with Gasteiger partial charge in [0.25, 0.3) is 11.1 Å². The average molecular weight is 342 g/mol. The highest BCUT2D eigenvalue weighted by atomic mass is 35.5. The van der Waals surface area contributed by atoms with Gasteiger partial charge in [0.1, 0.15) is 0 Å². The Kier molecular flexibility index (Phi) is 5.37. The molecule has 1 saturated heterocycles. The van der Waals surface area contributed by atoms with E-state index in [2.05, 4.69) is 0 Å². The fourth-order valence-corrected chi connectivity index (χ4v) is 3.02. The smallest absolute Gasteiger partial charge is 0.293 e. The maximum atomic E-state index is 11.9. The van der Waals surface area contributed by atoms with Gasteiger partial charge >= 0.3 is 0 Å². The van der Waals surface area contributed by atoms with E-state index >= 15 is 0 Å². The van der Waals surface area contributed by atoms with Gasteiger partial charge in [-0.15, -0.1) is 0 Å². The molecule has 2 amide bonds. The van der Waals surface area contributed by atoms with Crippen LogP contribution >= 0.6 is 23.4 Å². The molecule has 1 fully saturated rings. The molecule has 1 aliphatic rings. The lowest BCUT2D eigenvalue weighted by molar-refractivity contribution is -0.121. The lowest BCUT2D eigenvalue weighted by Gasteiger charge is -2.13. The van der Waals surface area contributed by atoms with Crippen LogP contribution in [0.5, 0.6) is 11.5 Å². The van der Waals surface area contributed by atoms with Crippen LogP contribution in [0.2, 0.25) is 5.02 Å². The van der Waals surface area contributed by atoms with Gasteiger partial charge in [0.05, 0.1) is 23.1 Å². The summed E-state index contributed by atoms with van der Waals surface area (Å²) in [4.78, 5) is 24.9. The number of benzene rings is 1. The predicted molar refractivity (Wildman–Crippen MR) is 87.5 cm³/mol. The second-order valence-electron chi connectivity index (χ2n) is 4.44. The Balaban J connectivity index is 2.40. The lowest BCUT2D eigenvalue weighted by Crippen LogP contribution is -2.22. The average Bonchev–Trinajstić information content (AvgIpc) is 2.70. The normalized spacial score (nSPS) is 16.5. The van der Waals surface area contributed by atoms with Crippen molar-refractivity contribution >= 4 is 40.6 Å². The second-order valence-corrected chi connectivity index (χ2v) is 5.84. The minimum atomic E-state index is -0.321. The molecule has 0 radical (unpaired) electrons. The van der Waals surface area contributed by atoms with Crippen molar-refractivity contribution in [2.75, 3.05) is 20.3 Å². The van der Waals surface area contributed by atoms with Gasteiger partial charge in [-0.1, -0.05) is 11.6 Å². The third-order valence-electron chi connectivity index (χ3n) is 2.90. The Bertz CT molecular complexity index is 645. The quantitative estimate of drug-likeness (QED) is 0.762. The summed E-state index contributed by atoms with van der Waals surface area (Å²) in [5, 5.41) is 0.105. The van der Waals surface area contributed by atoms with Crippen LogP contribution in [0.25, 0.3) is 6.08 Å². The molecule has 1 aromatic rings. The third-order valence-corrected chi connectivity index (χ3v) is 4.15. The summed E-state index contributed by atoms with van der Waals surface area (Å²) >= 11 is 7.12. The van der Waals surface area contributed by atoms with E-state index in [1.54, 1.807) is 18.2 Å². The van der Waals surface area contributed by atoms with Crippen LogP contribution in [0.3, 0.4) is 0 Å². The summed E-state index contributed by atoms with van der Waals surface area (Å²) in [5.74, 6) is 0.670. The van der Waals surface area contributed by atoms with E-state index in [-0.39, 0.29) is 11.1 Å². The van der Waals surface area contributed by atoms with Crippen molar-refractivity contribution < 1.29 is 19.1 Å².